The molecule has 6 heteroatoms. The van der Waals surface area contributed by atoms with Crippen LogP contribution >= 0.6 is 0 Å². The summed E-state index contributed by atoms with van der Waals surface area (Å²) >= 11 is 0. The molecule has 0 spiro atoms. The molecule has 0 bridgehead atoms. The largest absolute Gasteiger partial charge is 0.373 e. The fourth-order valence-corrected chi connectivity index (χ4v) is 4.04. The zero-order chi connectivity index (χ0) is 20.4. The number of nitrogens with one attached hydrogen (secondary N) is 1. The Bertz CT molecular complexity index is 838. The second-order valence-corrected chi connectivity index (χ2v) is 7.84. The summed E-state index contributed by atoms with van der Waals surface area (Å²) in [6.45, 7) is 12.3. The van der Waals surface area contributed by atoms with Gasteiger partial charge in [-0.25, -0.2) is 4.39 Å². The van der Waals surface area contributed by atoms with Crippen molar-refractivity contribution >= 4 is 5.91 Å². The number of carbonyl (C=O) groups excluding carboxylic acids is 1. The number of halogens is 1. The molecular formula is C22H30FN3O2. The molecule has 3 rings (SSSR count). The van der Waals surface area contributed by atoms with Crippen LogP contribution in [0.5, 0.6) is 0 Å². The van der Waals surface area contributed by atoms with E-state index in [9.17, 15) is 9.18 Å². The minimum atomic E-state index is -0.305. The van der Waals surface area contributed by atoms with E-state index in [0.717, 1.165) is 24.5 Å². The number of aromatic nitrogens is 1. The molecule has 1 aliphatic rings. The van der Waals surface area contributed by atoms with Crippen LogP contribution in [0.2, 0.25) is 0 Å². The summed E-state index contributed by atoms with van der Waals surface area (Å²) in [4.78, 5) is 15.2. The second-order valence-electron chi connectivity index (χ2n) is 7.84. The molecule has 1 aliphatic heterocycles. The molecular weight excluding hydrogens is 357 g/mol. The number of para-hydroxylation sites is 1. The van der Waals surface area contributed by atoms with Crippen LogP contribution in [-0.4, -0.2) is 53.3 Å². The first-order valence-corrected chi connectivity index (χ1v) is 9.89. The molecule has 1 aromatic heterocycles. The Morgan fingerprint density at radius 1 is 1.25 bits per heavy atom. The highest BCUT2D eigenvalue weighted by atomic mass is 19.1. The van der Waals surface area contributed by atoms with Gasteiger partial charge in [0.05, 0.1) is 23.5 Å². The highest BCUT2D eigenvalue weighted by Gasteiger charge is 2.26. The lowest BCUT2D eigenvalue weighted by atomic mass is 10.1. The molecule has 2 aromatic rings. The van der Waals surface area contributed by atoms with Gasteiger partial charge in [-0.1, -0.05) is 12.1 Å². The number of nitrogens with zero attached hydrogens (tertiary/aromatic N) is 2. The van der Waals surface area contributed by atoms with Gasteiger partial charge in [-0.2, -0.15) is 0 Å². The lowest BCUT2D eigenvalue weighted by molar-refractivity contribution is -0.0778. The fraction of sp³-hybridized carbons (Fsp3) is 0.500. The molecule has 1 saturated heterocycles. The standard InChI is InChI=1S/C22H30FN3O2/c1-14-10-19(18(5)26(14)21-9-7-6-8-20(21)23)22(27)24-11-15(2)25-12-16(3)28-17(4)13-25/h6-10,15-17H,11-13H2,1-5H3,(H,24,27)/t15-,16-,17+/m1/s1. The maximum absolute atomic E-state index is 14.2. The number of hydrogen-bond acceptors (Lipinski definition) is 3. The van der Waals surface area contributed by atoms with Gasteiger partial charge in [-0.15, -0.1) is 0 Å². The Morgan fingerprint density at radius 3 is 2.54 bits per heavy atom. The molecule has 0 saturated carbocycles. The molecule has 152 valence electrons. The molecule has 1 aromatic carbocycles. The van der Waals surface area contributed by atoms with Gasteiger partial charge in [0.1, 0.15) is 5.82 Å². The van der Waals surface area contributed by atoms with Gasteiger partial charge < -0.3 is 14.6 Å². The number of aryl methyl sites for hydroxylation is 1. The van der Waals surface area contributed by atoms with E-state index in [1.165, 1.54) is 6.07 Å². The third kappa shape index (κ3) is 4.28. The zero-order valence-electron chi connectivity index (χ0n) is 17.3. The first-order valence-electron chi connectivity index (χ1n) is 9.89. The third-order valence-electron chi connectivity index (χ3n) is 5.40. The maximum atomic E-state index is 14.2. The summed E-state index contributed by atoms with van der Waals surface area (Å²) in [6.07, 6.45) is 0.392. The van der Waals surface area contributed by atoms with Crippen molar-refractivity contribution in [2.45, 2.75) is 52.9 Å². The SMILES string of the molecule is Cc1cc(C(=O)NC[C@@H](C)N2C[C@@H](C)O[C@@H](C)C2)c(C)n1-c1ccccc1F. The molecule has 0 radical (unpaired) electrons. The van der Waals surface area contributed by atoms with Crippen molar-refractivity contribution in [2.75, 3.05) is 19.6 Å². The average Bonchev–Trinajstić information content (AvgIpc) is 2.93. The molecule has 1 fully saturated rings. The van der Waals surface area contributed by atoms with E-state index in [-0.39, 0.29) is 30.0 Å². The van der Waals surface area contributed by atoms with Crippen molar-refractivity contribution in [3.63, 3.8) is 0 Å². The average molecular weight is 387 g/mol. The zero-order valence-corrected chi connectivity index (χ0v) is 17.3. The molecule has 28 heavy (non-hydrogen) atoms. The topological polar surface area (TPSA) is 46.5 Å². The lowest BCUT2D eigenvalue weighted by Gasteiger charge is -2.39. The third-order valence-corrected chi connectivity index (χ3v) is 5.40. The fourth-order valence-electron chi connectivity index (χ4n) is 4.04. The van der Waals surface area contributed by atoms with Gasteiger partial charge in [0.15, 0.2) is 0 Å². The van der Waals surface area contributed by atoms with Crippen molar-refractivity contribution in [1.29, 1.82) is 0 Å². The summed E-state index contributed by atoms with van der Waals surface area (Å²) in [5, 5.41) is 3.04. The first-order chi connectivity index (χ1) is 13.3. The van der Waals surface area contributed by atoms with E-state index in [0.29, 0.717) is 17.8 Å². The van der Waals surface area contributed by atoms with Gasteiger partial charge in [-0.05, 0) is 52.8 Å². The van der Waals surface area contributed by atoms with Gasteiger partial charge in [-0.3, -0.25) is 9.69 Å². The number of ether oxygens (including phenoxy) is 1. The molecule has 1 amide bonds. The summed E-state index contributed by atoms with van der Waals surface area (Å²) in [5.74, 6) is -0.433. The summed E-state index contributed by atoms with van der Waals surface area (Å²) in [7, 11) is 0. The molecule has 1 N–H and O–H groups in total. The monoisotopic (exact) mass is 387 g/mol. The van der Waals surface area contributed by atoms with Crippen LogP contribution in [0.25, 0.3) is 5.69 Å². The van der Waals surface area contributed by atoms with E-state index >= 15 is 0 Å². The number of hydrogen-bond donors (Lipinski definition) is 1. The van der Waals surface area contributed by atoms with Crippen LogP contribution < -0.4 is 5.32 Å². The Labute approximate surface area is 166 Å². The molecule has 0 aliphatic carbocycles. The van der Waals surface area contributed by atoms with Crippen LogP contribution in [0.1, 0.15) is 42.5 Å². The van der Waals surface area contributed by atoms with Crippen LogP contribution in [0, 0.1) is 19.7 Å². The lowest BCUT2D eigenvalue weighted by Crippen LogP contribution is -2.52. The Kier molecular flexibility index (Phi) is 6.20. The molecule has 2 heterocycles. The Morgan fingerprint density at radius 2 is 1.89 bits per heavy atom. The Hall–Kier alpha value is -2.18. The number of amides is 1. The van der Waals surface area contributed by atoms with E-state index in [1.54, 1.807) is 22.8 Å². The van der Waals surface area contributed by atoms with Crippen molar-refractivity contribution in [2.24, 2.45) is 0 Å². The maximum Gasteiger partial charge on any atom is 0.253 e. The summed E-state index contributed by atoms with van der Waals surface area (Å²) < 4.78 is 21.8. The highest BCUT2D eigenvalue weighted by molar-refractivity contribution is 5.96. The van der Waals surface area contributed by atoms with Crippen molar-refractivity contribution in [3.8, 4) is 5.69 Å². The van der Waals surface area contributed by atoms with E-state index in [1.807, 2.05) is 19.9 Å². The van der Waals surface area contributed by atoms with Crippen LogP contribution in [0.4, 0.5) is 4.39 Å². The van der Waals surface area contributed by atoms with E-state index in [2.05, 4.69) is 31.0 Å². The second kappa shape index (κ2) is 8.45. The van der Waals surface area contributed by atoms with Gasteiger partial charge in [0.2, 0.25) is 0 Å². The number of benzene rings is 1. The Balaban J connectivity index is 1.70. The predicted molar refractivity (Wildman–Crippen MR) is 109 cm³/mol. The van der Waals surface area contributed by atoms with E-state index in [4.69, 9.17) is 4.74 Å². The van der Waals surface area contributed by atoms with E-state index < -0.39 is 0 Å². The van der Waals surface area contributed by atoms with Gasteiger partial charge in [0.25, 0.3) is 5.91 Å². The molecule has 5 nitrogen and oxygen atoms in total. The minimum absolute atomic E-state index is 0.128. The number of carbonyl (C=O) groups is 1. The first kappa shape index (κ1) is 20.6. The number of rotatable bonds is 5. The molecule has 3 atom stereocenters. The van der Waals surface area contributed by atoms with Crippen molar-refractivity contribution in [3.05, 3.63) is 53.1 Å². The quantitative estimate of drug-likeness (QED) is 0.855. The predicted octanol–water partition coefficient (Wildman–Crippen LogP) is 3.46. The number of morpholine rings is 1. The van der Waals surface area contributed by atoms with Gasteiger partial charge >= 0.3 is 0 Å². The van der Waals surface area contributed by atoms with Gasteiger partial charge in [0, 0.05) is 37.1 Å². The van der Waals surface area contributed by atoms with Crippen LogP contribution in [0.15, 0.2) is 30.3 Å². The van der Waals surface area contributed by atoms with Crippen molar-refractivity contribution < 1.29 is 13.9 Å². The van der Waals surface area contributed by atoms with Crippen molar-refractivity contribution in [1.82, 2.24) is 14.8 Å². The highest BCUT2D eigenvalue weighted by Crippen LogP contribution is 2.23. The summed E-state index contributed by atoms with van der Waals surface area (Å²) in [5.41, 5.74) is 2.61. The normalized spacial score (nSPS) is 21.5. The minimum Gasteiger partial charge on any atom is -0.373 e. The molecule has 0 unspecified atom stereocenters. The van der Waals surface area contributed by atoms with Crippen LogP contribution in [0.3, 0.4) is 0 Å². The summed E-state index contributed by atoms with van der Waals surface area (Å²) in [6, 6.07) is 8.64. The van der Waals surface area contributed by atoms with Crippen LogP contribution in [-0.2, 0) is 4.74 Å². The smallest absolute Gasteiger partial charge is 0.253 e.